The number of alkyl halides is 6. The van der Waals surface area contributed by atoms with Gasteiger partial charge in [0.1, 0.15) is 5.60 Å². The number of rotatable bonds is 7. The molecule has 4 rings (SSSR count). The minimum Gasteiger partial charge on any atom is -0.444 e. The predicted octanol–water partition coefficient (Wildman–Crippen LogP) is 7.88. The molecule has 0 aliphatic carbocycles. The van der Waals surface area contributed by atoms with Crippen LogP contribution in [0.4, 0.5) is 37.1 Å². The topological polar surface area (TPSA) is 76.4 Å². The predicted molar refractivity (Wildman–Crippen MR) is 156 cm³/mol. The third-order valence-corrected chi connectivity index (χ3v) is 7.80. The van der Waals surface area contributed by atoms with Crippen LogP contribution < -0.4 is 4.90 Å². The van der Waals surface area contributed by atoms with E-state index in [1.165, 1.54) is 0 Å². The first-order valence-electron chi connectivity index (χ1n) is 14.8. The molecule has 45 heavy (non-hydrogen) atoms. The summed E-state index contributed by atoms with van der Waals surface area (Å²) in [5.74, 6) is 0.147. The van der Waals surface area contributed by atoms with Gasteiger partial charge >= 0.3 is 18.4 Å². The van der Waals surface area contributed by atoms with Crippen LogP contribution in [0, 0.1) is 0 Å². The van der Waals surface area contributed by atoms with Crippen molar-refractivity contribution in [2.45, 2.75) is 103 Å². The Labute approximate surface area is 258 Å². The molecule has 1 aromatic carbocycles. The smallest absolute Gasteiger partial charge is 0.416 e. The minimum atomic E-state index is -4.98. The first-order chi connectivity index (χ1) is 20.9. The van der Waals surface area contributed by atoms with Crippen molar-refractivity contribution in [3.05, 3.63) is 59.7 Å². The fourth-order valence-electron chi connectivity index (χ4n) is 5.70. The maximum Gasteiger partial charge on any atom is 0.416 e. The summed E-state index contributed by atoms with van der Waals surface area (Å²) < 4.78 is 89.7. The van der Waals surface area contributed by atoms with Crippen LogP contribution >= 0.6 is 0 Å². The van der Waals surface area contributed by atoms with E-state index in [2.05, 4.69) is 15.1 Å². The van der Waals surface area contributed by atoms with E-state index in [9.17, 15) is 31.1 Å². The number of aryl methyl sites for hydroxylation is 1. The number of amides is 1. The van der Waals surface area contributed by atoms with Crippen molar-refractivity contribution < 1.29 is 35.9 Å². The van der Waals surface area contributed by atoms with Gasteiger partial charge in [0.15, 0.2) is 0 Å². The molecular formula is C31H38F6N6O2. The average molecular weight is 641 g/mol. The lowest BCUT2D eigenvalue weighted by molar-refractivity contribution is -0.143. The largest absolute Gasteiger partial charge is 0.444 e. The molecule has 14 heteroatoms. The number of benzene rings is 1. The third kappa shape index (κ3) is 8.26. The van der Waals surface area contributed by atoms with E-state index in [-0.39, 0.29) is 36.2 Å². The first kappa shape index (κ1) is 34.0. The van der Waals surface area contributed by atoms with Crippen LogP contribution in [-0.4, -0.2) is 54.5 Å². The molecule has 2 unspecified atom stereocenters. The highest BCUT2D eigenvalue weighted by Gasteiger charge is 2.42. The molecular weight excluding hydrogens is 602 g/mol. The highest BCUT2D eigenvalue weighted by atomic mass is 19.4. The molecule has 0 N–H and O–H groups in total. The molecule has 0 spiro atoms. The quantitative estimate of drug-likeness (QED) is 0.245. The Morgan fingerprint density at radius 1 is 0.889 bits per heavy atom. The van der Waals surface area contributed by atoms with Crippen LogP contribution in [0.2, 0.25) is 0 Å². The Morgan fingerprint density at radius 2 is 1.42 bits per heavy atom. The van der Waals surface area contributed by atoms with E-state index in [0.29, 0.717) is 31.2 Å². The van der Waals surface area contributed by atoms with Gasteiger partial charge in [-0.3, -0.25) is 4.68 Å². The van der Waals surface area contributed by atoms with Gasteiger partial charge < -0.3 is 14.5 Å². The number of carbonyl (C=O) groups excluding carboxylic acids is 1. The lowest BCUT2D eigenvalue weighted by atomic mass is 9.87. The van der Waals surface area contributed by atoms with Crippen molar-refractivity contribution in [2.24, 2.45) is 7.05 Å². The minimum absolute atomic E-state index is 0.118. The molecule has 1 aliphatic rings. The van der Waals surface area contributed by atoms with Gasteiger partial charge in [0.05, 0.1) is 17.3 Å². The number of hydrogen-bond donors (Lipinski definition) is 0. The van der Waals surface area contributed by atoms with Crippen molar-refractivity contribution in [1.29, 1.82) is 0 Å². The van der Waals surface area contributed by atoms with Gasteiger partial charge in [-0.25, -0.2) is 14.8 Å². The summed E-state index contributed by atoms with van der Waals surface area (Å²) in [7, 11) is 1.75. The second kappa shape index (κ2) is 12.9. The molecule has 1 fully saturated rings. The maximum absolute atomic E-state index is 13.7. The van der Waals surface area contributed by atoms with Crippen LogP contribution in [0.15, 0.2) is 43.0 Å². The third-order valence-electron chi connectivity index (χ3n) is 7.80. The number of likely N-dealkylation sites (tertiary alicyclic amines) is 1. The lowest BCUT2D eigenvalue weighted by Gasteiger charge is -2.48. The molecule has 0 saturated carbocycles. The van der Waals surface area contributed by atoms with Gasteiger partial charge in [0.2, 0.25) is 5.95 Å². The summed E-state index contributed by atoms with van der Waals surface area (Å²) in [6.45, 7) is 8.85. The molecule has 0 radical (unpaired) electrons. The SMILES string of the molecule is CCC1CC(N(Cc2cc(C(F)(F)F)cc(C(F)(F)F)c2)c2ncc(-c3cnn(C)c3)cn2)CC(CC)N1C(=O)OC(C)(C)C. The molecule has 1 amide bonds. The number of halogens is 6. The van der Waals surface area contributed by atoms with E-state index in [0.717, 1.165) is 17.7 Å². The standard InChI is InChI=1S/C31H38F6N6O2/c1-7-24-12-26(13-25(8-2)43(24)28(44)45-29(3,4)5)42(27-38-14-20(15-39-27)21-16-40-41(6)18-21)17-19-9-22(30(32,33)34)11-23(10-19)31(35,36)37/h9-11,14-16,18,24-26H,7-8,12-13,17H2,1-6H3. The van der Waals surface area contributed by atoms with Crippen LogP contribution in [0.25, 0.3) is 11.1 Å². The number of piperidine rings is 1. The Balaban J connectivity index is 1.76. The molecule has 2 atom stereocenters. The number of nitrogens with zero attached hydrogens (tertiary/aromatic N) is 6. The number of hydrogen-bond acceptors (Lipinski definition) is 6. The highest BCUT2D eigenvalue weighted by Crippen LogP contribution is 2.38. The zero-order valence-electron chi connectivity index (χ0n) is 26.1. The van der Waals surface area contributed by atoms with Crippen LogP contribution in [-0.2, 0) is 30.7 Å². The number of anilines is 1. The van der Waals surface area contributed by atoms with Crippen LogP contribution in [0.3, 0.4) is 0 Å². The Kier molecular flexibility index (Phi) is 9.74. The maximum atomic E-state index is 13.7. The van der Waals surface area contributed by atoms with Crippen molar-refractivity contribution in [2.75, 3.05) is 4.90 Å². The summed E-state index contributed by atoms with van der Waals surface area (Å²) in [5.41, 5.74) is -2.31. The molecule has 2 aromatic heterocycles. The van der Waals surface area contributed by atoms with Crippen LogP contribution in [0.1, 0.15) is 77.0 Å². The summed E-state index contributed by atoms with van der Waals surface area (Å²) in [4.78, 5) is 25.7. The molecule has 8 nitrogen and oxygen atoms in total. The zero-order valence-corrected chi connectivity index (χ0v) is 26.1. The molecule has 3 aromatic rings. The van der Waals surface area contributed by atoms with Gasteiger partial charge in [0.25, 0.3) is 0 Å². The fourth-order valence-corrected chi connectivity index (χ4v) is 5.70. The van der Waals surface area contributed by atoms with E-state index in [1.807, 2.05) is 13.8 Å². The second-order valence-electron chi connectivity index (χ2n) is 12.4. The Bertz CT molecular complexity index is 1420. The molecule has 3 heterocycles. The fraction of sp³-hybridized carbons (Fsp3) is 0.548. The molecule has 0 bridgehead atoms. The van der Waals surface area contributed by atoms with Gasteiger partial charge in [-0.05, 0) is 70.2 Å². The van der Waals surface area contributed by atoms with Gasteiger partial charge in [-0.15, -0.1) is 0 Å². The monoisotopic (exact) mass is 640 g/mol. The summed E-state index contributed by atoms with van der Waals surface area (Å²) >= 11 is 0. The van der Waals surface area contributed by atoms with E-state index >= 15 is 0 Å². The normalized spacial score (nSPS) is 19.5. The Morgan fingerprint density at radius 3 is 1.84 bits per heavy atom. The van der Waals surface area contributed by atoms with Gasteiger partial charge in [-0.1, -0.05) is 13.8 Å². The van der Waals surface area contributed by atoms with Crippen molar-refractivity contribution >= 4 is 12.0 Å². The number of carbonyl (C=O) groups is 1. The van der Waals surface area contributed by atoms with Gasteiger partial charge in [-0.2, -0.15) is 31.4 Å². The lowest BCUT2D eigenvalue weighted by Crippen LogP contribution is -2.57. The summed E-state index contributed by atoms with van der Waals surface area (Å²) in [6, 6.07) is 0.576. The number of ether oxygens (including phenoxy) is 1. The van der Waals surface area contributed by atoms with Crippen molar-refractivity contribution in [3.8, 4) is 11.1 Å². The molecule has 1 aliphatic heterocycles. The van der Waals surface area contributed by atoms with Crippen molar-refractivity contribution in [3.63, 3.8) is 0 Å². The van der Waals surface area contributed by atoms with Gasteiger partial charge in [0, 0.05) is 61.4 Å². The van der Waals surface area contributed by atoms with E-state index in [1.54, 1.807) is 67.1 Å². The zero-order chi connectivity index (χ0) is 33.3. The van der Waals surface area contributed by atoms with Crippen molar-refractivity contribution in [1.82, 2.24) is 24.6 Å². The molecule has 1 saturated heterocycles. The average Bonchev–Trinajstić information content (AvgIpc) is 3.39. The number of aromatic nitrogens is 4. The summed E-state index contributed by atoms with van der Waals surface area (Å²) in [6.07, 6.45) is -2.07. The first-order valence-corrected chi connectivity index (χ1v) is 14.8. The second-order valence-corrected chi connectivity index (χ2v) is 12.4. The molecule has 246 valence electrons. The Hall–Kier alpha value is -3.84. The van der Waals surface area contributed by atoms with Crippen LogP contribution in [0.5, 0.6) is 0 Å². The summed E-state index contributed by atoms with van der Waals surface area (Å²) in [5, 5.41) is 4.14. The highest BCUT2D eigenvalue weighted by molar-refractivity contribution is 5.69. The van der Waals surface area contributed by atoms with E-state index in [4.69, 9.17) is 4.74 Å². The van der Waals surface area contributed by atoms with E-state index < -0.39 is 41.2 Å².